The molecule has 1 heterocycles. The zero-order valence-corrected chi connectivity index (χ0v) is 8.50. The summed E-state index contributed by atoms with van der Waals surface area (Å²) in [5, 5.41) is 44.4. The van der Waals surface area contributed by atoms with E-state index in [2.05, 4.69) is 4.74 Å². The summed E-state index contributed by atoms with van der Waals surface area (Å²) in [6.07, 6.45) is -8.72. The van der Waals surface area contributed by atoms with Crippen LogP contribution in [0.25, 0.3) is 0 Å². The van der Waals surface area contributed by atoms with Crippen molar-refractivity contribution >= 4 is 57.4 Å². The summed E-state index contributed by atoms with van der Waals surface area (Å²) in [6.45, 7) is 0. The van der Waals surface area contributed by atoms with Gasteiger partial charge in [0.05, 0.1) is 0 Å². The van der Waals surface area contributed by atoms with Crippen molar-refractivity contribution in [2.24, 2.45) is 0 Å². The molecule has 0 amide bonds. The van der Waals surface area contributed by atoms with Crippen LogP contribution >= 0.6 is 0 Å². The molecule has 1 rings (SSSR count). The molecule has 0 saturated carbocycles. The Labute approximate surface area is 143 Å². The molecule has 1 saturated heterocycles. The van der Waals surface area contributed by atoms with Gasteiger partial charge in [-0.05, 0) is 0 Å². The van der Waals surface area contributed by atoms with E-state index in [9.17, 15) is 4.79 Å². The number of ether oxygens (including phenoxy) is 1. The maximum atomic E-state index is 10.4. The van der Waals surface area contributed by atoms with E-state index in [-0.39, 0.29) is 73.1 Å². The van der Waals surface area contributed by atoms with E-state index < -0.39 is 36.7 Å². The van der Waals surface area contributed by atoms with Gasteiger partial charge in [0.2, 0.25) is 0 Å². The van der Waals surface area contributed by atoms with Gasteiger partial charge in [-0.3, -0.25) is 0 Å². The van der Waals surface area contributed by atoms with Gasteiger partial charge in [0.1, 0.15) is 18.3 Å². The van der Waals surface area contributed by atoms with Gasteiger partial charge >= 0.3 is 57.4 Å². The summed E-state index contributed by atoms with van der Waals surface area (Å²) in [5.74, 6) is -1.52. The first-order chi connectivity index (χ1) is 5.95. The Morgan fingerprint density at radius 2 is 1.47 bits per heavy atom. The summed E-state index contributed by atoms with van der Waals surface area (Å²) in [7, 11) is 0. The number of hydrogen-bond acceptors (Lipinski definition) is 6. The van der Waals surface area contributed by atoms with Crippen molar-refractivity contribution in [3.8, 4) is 0 Å². The van der Waals surface area contributed by atoms with Crippen molar-refractivity contribution < 1.29 is 56.8 Å². The van der Waals surface area contributed by atoms with Crippen LogP contribution in [-0.2, 0) is 31.2 Å². The quantitative estimate of drug-likeness (QED) is 0.312. The number of carbonyl (C=O) groups is 1. The molecule has 0 aliphatic carbocycles. The van der Waals surface area contributed by atoms with Crippen LogP contribution in [0.3, 0.4) is 0 Å². The summed E-state index contributed by atoms with van der Waals surface area (Å²) in [5.41, 5.74) is 0. The summed E-state index contributed by atoms with van der Waals surface area (Å²) in [6, 6.07) is 0. The predicted molar refractivity (Wildman–Crippen MR) is 43.7 cm³/mol. The molecule has 0 radical (unpaired) electrons. The molecule has 0 unspecified atom stereocenters. The molecule has 15 heavy (non-hydrogen) atoms. The molecule has 1 aliphatic heterocycles. The Hall–Kier alpha value is 1.62. The maximum absolute atomic E-state index is 10.4. The molecule has 82 valence electrons. The number of carboxylic acid groups (broad SMARTS) is 1. The van der Waals surface area contributed by atoms with Gasteiger partial charge in [-0.25, -0.2) is 4.79 Å². The molecule has 5 atom stereocenters. The van der Waals surface area contributed by atoms with E-state index in [1.165, 1.54) is 0 Å². The number of rotatable bonds is 1. The number of hydrogen-bond donors (Lipinski definition) is 5. The van der Waals surface area contributed by atoms with Gasteiger partial charge in [0.15, 0.2) is 12.4 Å². The molecular weight excluding hydrogens is 271 g/mol. The Bertz CT molecular complexity index is 216. The molecule has 9 heteroatoms. The summed E-state index contributed by atoms with van der Waals surface area (Å²) in [4.78, 5) is 10.4. The molecule has 1 aliphatic rings. The smallest absolute Gasteiger partial charge is 0 e. The van der Waals surface area contributed by atoms with Crippen LogP contribution in [0.1, 0.15) is 0 Å². The first-order valence-electron chi connectivity index (χ1n) is 3.55. The topological polar surface area (TPSA) is 127 Å². The number of aliphatic hydroxyl groups excluding tert-OH is 4. The molecule has 0 aromatic rings. The van der Waals surface area contributed by atoms with Gasteiger partial charge in [-0.15, -0.1) is 0 Å². The van der Waals surface area contributed by atoms with Gasteiger partial charge in [-0.2, -0.15) is 0 Å². The first kappa shape index (κ1) is 19.0. The molecule has 0 aromatic heterocycles. The average Bonchev–Trinajstić information content (AvgIpc) is 2.07. The van der Waals surface area contributed by atoms with Crippen LogP contribution in [0.15, 0.2) is 0 Å². The normalized spacial score (nSPS) is 39.9. The van der Waals surface area contributed by atoms with Gasteiger partial charge in [0, 0.05) is 21.7 Å². The fraction of sp³-hybridized carbons (Fsp3) is 0.833. The Morgan fingerprint density at radius 1 is 1.00 bits per heavy atom. The van der Waals surface area contributed by atoms with E-state index in [1.807, 2.05) is 0 Å². The van der Waals surface area contributed by atoms with Crippen LogP contribution in [0, 0.1) is 0 Å². The second-order valence-corrected chi connectivity index (χ2v) is 2.76. The Kier molecular flexibility index (Phi) is 9.93. The van der Waals surface area contributed by atoms with E-state index in [0.717, 1.165) is 0 Å². The van der Waals surface area contributed by atoms with Crippen LogP contribution in [0.5, 0.6) is 0 Å². The monoisotopic (exact) mass is 282 g/mol. The third-order valence-corrected chi connectivity index (χ3v) is 1.83. The average molecular weight is 282 g/mol. The Balaban J connectivity index is 0. The Morgan fingerprint density at radius 3 is 1.87 bits per heavy atom. The zero-order valence-electron chi connectivity index (χ0n) is 6.94. The first-order valence-corrected chi connectivity index (χ1v) is 3.55. The molecule has 7 nitrogen and oxygen atoms in total. The van der Waals surface area contributed by atoms with Crippen molar-refractivity contribution in [2.45, 2.75) is 30.7 Å². The van der Waals surface area contributed by atoms with Crippen LogP contribution in [-0.4, -0.2) is 114 Å². The number of aliphatic carboxylic acids is 1. The number of aliphatic hydroxyl groups is 4. The SMILES string of the molecule is O=C(O)[C@H]1O[C@@H](O)[C@H](O)[C@@H](O)[C@@H]1O.[KH].[Ti]. The minimum atomic E-state index is -1.81. The molecule has 0 spiro atoms. The molecular formula is C6H11KO7Ti. The minimum Gasteiger partial charge on any atom is 0 e. The fourth-order valence-corrected chi connectivity index (χ4v) is 1.07. The third kappa shape index (κ3) is 4.41. The predicted octanol–water partition coefficient (Wildman–Crippen LogP) is -3.78. The van der Waals surface area contributed by atoms with E-state index in [4.69, 9.17) is 25.5 Å². The van der Waals surface area contributed by atoms with Crippen LogP contribution in [0.4, 0.5) is 0 Å². The van der Waals surface area contributed by atoms with E-state index in [1.54, 1.807) is 0 Å². The van der Waals surface area contributed by atoms with E-state index >= 15 is 0 Å². The molecule has 0 bridgehead atoms. The largest absolute Gasteiger partial charge is 0 e. The maximum Gasteiger partial charge on any atom is 0 e. The van der Waals surface area contributed by atoms with Crippen molar-refractivity contribution in [1.82, 2.24) is 0 Å². The van der Waals surface area contributed by atoms with Gasteiger partial charge in [0.25, 0.3) is 0 Å². The van der Waals surface area contributed by atoms with Crippen molar-refractivity contribution in [1.29, 1.82) is 0 Å². The van der Waals surface area contributed by atoms with E-state index in [0.29, 0.717) is 0 Å². The fourth-order valence-electron chi connectivity index (χ4n) is 1.07. The summed E-state index contributed by atoms with van der Waals surface area (Å²) < 4.78 is 4.34. The molecule has 1 fully saturated rings. The van der Waals surface area contributed by atoms with Gasteiger partial charge in [-0.1, -0.05) is 0 Å². The van der Waals surface area contributed by atoms with Crippen LogP contribution in [0.2, 0.25) is 0 Å². The zero-order chi connectivity index (χ0) is 10.2. The van der Waals surface area contributed by atoms with Crippen molar-refractivity contribution in [3.63, 3.8) is 0 Å². The molecule has 0 aromatic carbocycles. The molecule has 5 N–H and O–H groups in total. The van der Waals surface area contributed by atoms with Gasteiger partial charge < -0.3 is 30.3 Å². The second kappa shape index (κ2) is 7.85. The minimum absolute atomic E-state index is 0. The number of carboxylic acids is 1. The second-order valence-electron chi connectivity index (χ2n) is 2.76. The summed E-state index contributed by atoms with van der Waals surface area (Å²) >= 11 is 0. The third-order valence-electron chi connectivity index (χ3n) is 1.83. The van der Waals surface area contributed by atoms with Crippen LogP contribution < -0.4 is 0 Å². The van der Waals surface area contributed by atoms with Crippen molar-refractivity contribution in [3.05, 3.63) is 0 Å². The standard InChI is InChI=1S/C6H10O7.K.Ti.H/c7-1-2(8)4(5(10)11)13-6(12)3(1)9;;;/h1-4,6-9,12H,(H,10,11);;;/t1-,2-,3+,4-,6+;;;/m0.../s1. The van der Waals surface area contributed by atoms with Crippen molar-refractivity contribution in [2.75, 3.05) is 0 Å².